The molecule has 2 N–H and O–H groups in total. The van der Waals surface area contributed by atoms with Gasteiger partial charge in [0, 0.05) is 36.7 Å². The van der Waals surface area contributed by atoms with Crippen molar-refractivity contribution < 1.29 is 24.3 Å². The molecule has 2 saturated heterocycles. The molecule has 2 fully saturated rings. The maximum Gasteiger partial charge on any atom is 0.353 e. The molecule has 142 valence electrons. The summed E-state index contributed by atoms with van der Waals surface area (Å²) in [5.41, 5.74) is -0.00242. The number of fused-ring (bicyclic) bond motifs is 1. The topological polar surface area (TPSA) is 107 Å². The van der Waals surface area contributed by atoms with Crippen LogP contribution in [0.3, 0.4) is 0 Å². The first kappa shape index (κ1) is 18.9. The molecule has 2 amide bonds. The van der Waals surface area contributed by atoms with Crippen LogP contribution < -0.4 is 5.32 Å². The maximum atomic E-state index is 12.3. The molecule has 0 aromatic rings. The lowest BCUT2D eigenvalue weighted by molar-refractivity contribution is -0.160. The number of aliphatic carboxylic acids is 1. The van der Waals surface area contributed by atoms with Crippen LogP contribution in [0.5, 0.6) is 0 Å². The number of β-lactam (4-membered cyclic amide) rings is 1. The first-order valence-electron chi connectivity index (χ1n) is 8.57. The van der Waals surface area contributed by atoms with Gasteiger partial charge >= 0.3 is 5.97 Å². The number of Topliss-reactive ketones (excluding diaryl/α,β-unsaturated/α-hetero) is 1. The number of amides is 2. The molecule has 3 aliphatic rings. The summed E-state index contributed by atoms with van der Waals surface area (Å²) in [6, 6.07) is -0.682. The highest BCUT2D eigenvalue weighted by Gasteiger charge is 2.60. The lowest BCUT2D eigenvalue weighted by Gasteiger charge is -2.43. The van der Waals surface area contributed by atoms with Gasteiger partial charge in [-0.1, -0.05) is 6.92 Å². The van der Waals surface area contributed by atoms with Crippen LogP contribution in [-0.2, 0) is 19.2 Å². The Morgan fingerprint density at radius 3 is 2.50 bits per heavy atom. The lowest BCUT2D eigenvalue weighted by Crippen LogP contribution is -2.62. The van der Waals surface area contributed by atoms with Gasteiger partial charge in [0.1, 0.15) is 17.4 Å². The number of hydrogen-bond acceptors (Lipinski definition) is 6. The second kappa shape index (κ2) is 6.70. The summed E-state index contributed by atoms with van der Waals surface area (Å²) in [4.78, 5) is 51.4. The number of nitrogens with zero attached hydrogens (tertiary/aromatic N) is 2. The molecule has 0 spiro atoms. The largest absolute Gasteiger partial charge is 0.477 e. The Labute approximate surface area is 156 Å². The van der Waals surface area contributed by atoms with Crippen LogP contribution in [-0.4, -0.2) is 76.4 Å². The summed E-state index contributed by atoms with van der Waals surface area (Å²) in [5, 5.41) is 12.8. The zero-order chi connectivity index (χ0) is 19.3. The van der Waals surface area contributed by atoms with Gasteiger partial charge in [0.25, 0.3) is 0 Å². The van der Waals surface area contributed by atoms with E-state index in [9.17, 15) is 24.3 Å². The van der Waals surface area contributed by atoms with Crippen molar-refractivity contribution in [1.82, 2.24) is 15.1 Å². The average Bonchev–Trinajstić information content (AvgIpc) is 3.09. The van der Waals surface area contributed by atoms with E-state index in [0.717, 1.165) is 0 Å². The summed E-state index contributed by atoms with van der Waals surface area (Å²) in [7, 11) is 3.40. The fraction of sp³-hybridized carbons (Fsp3) is 0.647. The van der Waals surface area contributed by atoms with Crippen LogP contribution in [0.15, 0.2) is 10.6 Å². The van der Waals surface area contributed by atoms with Crippen molar-refractivity contribution in [2.75, 3.05) is 20.6 Å². The molecule has 3 heterocycles. The molecule has 26 heavy (non-hydrogen) atoms. The van der Waals surface area contributed by atoms with E-state index in [4.69, 9.17) is 0 Å². The fourth-order valence-electron chi connectivity index (χ4n) is 4.03. The van der Waals surface area contributed by atoms with Gasteiger partial charge in [0.2, 0.25) is 11.8 Å². The van der Waals surface area contributed by atoms with E-state index in [1.807, 2.05) is 6.92 Å². The predicted molar refractivity (Wildman–Crippen MR) is 95.1 cm³/mol. The first-order chi connectivity index (χ1) is 12.1. The molecular weight excluding hydrogens is 358 g/mol. The van der Waals surface area contributed by atoms with Crippen molar-refractivity contribution in [2.24, 2.45) is 11.8 Å². The SMILES string of the molecule is CC(=O)[C@H]1C(=O)N2C(C(=O)O)=C(S[C@@H]3CN[C@H](C(=O)N(C)C)C3)[C@H](C)[C@H]12. The minimum atomic E-state index is -1.15. The van der Waals surface area contributed by atoms with Gasteiger partial charge in [-0.15, -0.1) is 11.8 Å². The monoisotopic (exact) mass is 381 g/mol. The number of hydrogen-bond donors (Lipinski definition) is 2. The second-order valence-electron chi connectivity index (χ2n) is 7.26. The molecule has 0 aromatic carbocycles. The Morgan fingerprint density at radius 2 is 1.96 bits per heavy atom. The van der Waals surface area contributed by atoms with Crippen LogP contribution in [0.25, 0.3) is 0 Å². The third-order valence-electron chi connectivity index (χ3n) is 5.31. The number of rotatable bonds is 5. The molecule has 0 aromatic heterocycles. The van der Waals surface area contributed by atoms with Gasteiger partial charge in [0.15, 0.2) is 0 Å². The number of carboxylic acids is 1. The Balaban J connectivity index is 1.79. The molecule has 9 heteroatoms. The van der Waals surface area contributed by atoms with E-state index in [0.29, 0.717) is 17.9 Å². The van der Waals surface area contributed by atoms with Gasteiger partial charge in [-0.2, -0.15) is 0 Å². The molecule has 0 unspecified atom stereocenters. The molecule has 3 rings (SSSR count). The highest BCUT2D eigenvalue weighted by atomic mass is 32.2. The van der Waals surface area contributed by atoms with Gasteiger partial charge in [-0.05, 0) is 13.3 Å². The van der Waals surface area contributed by atoms with Crippen molar-refractivity contribution in [3.8, 4) is 0 Å². The van der Waals surface area contributed by atoms with Crippen molar-refractivity contribution in [1.29, 1.82) is 0 Å². The van der Waals surface area contributed by atoms with Crippen molar-refractivity contribution in [3.63, 3.8) is 0 Å². The van der Waals surface area contributed by atoms with E-state index in [2.05, 4.69) is 5.32 Å². The van der Waals surface area contributed by atoms with Crippen molar-refractivity contribution in [2.45, 2.75) is 37.6 Å². The number of carbonyl (C=O) groups is 4. The van der Waals surface area contributed by atoms with E-state index < -0.39 is 23.8 Å². The highest BCUT2D eigenvalue weighted by Crippen LogP contribution is 2.51. The van der Waals surface area contributed by atoms with Crippen LogP contribution in [0.2, 0.25) is 0 Å². The Bertz CT molecular complexity index is 719. The quantitative estimate of drug-likeness (QED) is 0.506. The normalized spacial score (nSPS) is 33.2. The molecule has 0 bridgehead atoms. The molecule has 0 aliphatic carbocycles. The fourth-order valence-corrected chi connectivity index (χ4v) is 5.51. The number of ketones is 1. The number of nitrogens with one attached hydrogen (secondary N) is 1. The van der Waals surface area contributed by atoms with E-state index in [1.54, 1.807) is 14.1 Å². The van der Waals surface area contributed by atoms with E-state index in [1.165, 1.54) is 28.5 Å². The molecular formula is C17H23N3O5S. The van der Waals surface area contributed by atoms with Gasteiger partial charge in [-0.3, -0.25) is 19.3 Å². The molecule has 3 aliphatic heterocycles. The Kier molecular flexibility index (Phi) is 4.87. The summed E-state index contributed by atoms with van der Waals surface area (Å²) in [5.74, 6) is -2.76. The van der Waals surface area contributed by atoms with Crippen LogP contribution in [0, 0.1) is 11.8 Å². The third kappa shape index (κ3) is 2.83. The number of carbonyl (C=O) groups excluding carboxylic acids is 3. The third-order valence-corrected chi connectivity index (χ3v) is 6.82. The maximum absolute atomic E-state index is 12.3. The summed E-state index contributed by atoms with van der Waals surface area (Å²) < 4.78 is 0. The Hall–Kier alpha value is -1.87. The van der Waals surface area contributed by atoms with Crippen molar-refractivity contribution in [3.05, 3.63) is 10.6 Å². The minimum absolute atomic E-state index is 0.00242. The van der Waals surface area contributed by atoms with Gasteiger partial charge < -0.3 is 15.3 Å². The Morgan fingerprint density at radius 1 is 1.31 bits per heavy atom. The summed E-state index contributed by atoms with van der Waals surface area (Å²) in [6.07, 6.45) is 0.597. The van der Waals surface area contributed by atoms with Crippen LogP contribution in [0.1, 0.15) is 20.3 Å². The molecule has 0 radical (unpaired) electrons. The number of thioether (sulfide) groups is 1. The summed E-state index contributed by atoms with van der Waals surface area (Å²) in [6.45, 7) is 3.83. The molecule has 8 nitrogen and oxygen atoms in total. The average molecular weight is 381 g/mol. The lowest BCUT2D eigenvalue weighted by atomic mass is 9.80. The number of carboxylic acid groups (broad SMARTS) is 1. The zero-order valence-electron chi connectivity index (χ0n) is 15.2. The van der Waals surface area contributed by atoms with Gasteiger partial charge in [0.05, 0.1) is 12.1 Å². The standard InChI is InChI=1S/C17H23N3O5S/c1-7-12-11(8(2)21)16(23)20(12)13(17(24)25)14(7)26-9-5-10(18-6-9)15(22)19(3)4/h7,9-12,18H,5-6H2,1-4H3,(H,24,25)/t7-,9+,10+,11-,12-/m1/s1. The van der Waals surface area contributed by atoms with E-state index >= 15 is 0 Å². The minimum Gasteiger partial charge on any atom is -0.477 e. The van der Waals surface area contributed by atoms with Gasteiger partial charge in [-0.25, -0.2) is 4.79 Å². The zero-order valence-corrected chi connectivity index (χ0v) is 16.0. The van der Waals surface area contributed by atoms with Crippen LogP contribution in [0.4, 0.5) is 0 Å². The smallest absolute Gasteiger partial charge is 0.353 e. The summed E-state index contributed by atoms with van der Waals surface area (Å²) >= 11 is 1.42. The highest BCUT2D eigenvalue weighted by molar-refractivity contribution is 8.03. The predicted octanol–water partition coefficient (Wildman–Crippen LogP) is -0.0998. The van der Waals surface area contributed by atoms with Crippen molar-refractivity contribution >= 4 is 35.3 Å². The molecule has 0 saturated carbocycles. The molecule has 5 atom stereocenters. The first-order valence-corrected chi connectivity index (χ1v) is 9.45. The van der Waals surface area contributed by atoms with E-state index in [-0.39, 0.29) is 34.6 Å². The number of likely N-dealkylation sites (N-methyl/N-ethyl adjacent to an activating group) is 1. The second-order valence-corrected chi connectivity index (χ2v) is 8.61. The van der Waals surface area contributed by atoms with Crippen LogP contribution >= 0.6 is 11.8 Å².